The standard InChI is InChI=1S/C10H15Cl2N3O3/c1-7-5-18-6-8(7)4-14-3-2-13-9(14)10(11,12)15(16)17/h7-8H,2-6H2,1H3. The summed E-state index contributed by atoms with van der Waals surface area (Å²) in [6.07, 6.45) is 0. The quantitative estimate of drug-likeness (QED) is 0.340. The van der Waals surface area contributed by atoms with E-state index < -0.39 is 9.38 Å². The van der Waals surface area contributed by atoms with Gasteiger partial charge < -0.3 is 9.64 Å². The molecule has 0 amide bonds. The third-order valence-corrected chi connectivity index (χ3v) is 4.02. The van der Waals surface area contributed by atoms with Crippen LogP contribution in [-0.4, -0.2) is 53.0 Å². The molecule has 102 valence electrons. The van der Waals surface area contributed by atoms with Crippen LogP contribution in [0.3, 0.4) is 0 Å². The van der Waals surface area contributed by atoms with Crippen LogP contribution in [0.2, 0.25) is 0 Å². The highest BCUT2D eigenvalue weighted by Crippen LogP contribution is 2.30. The van der Waals surface area contributed by atoms with Gasteiger partial charge in [0.25, 0.3) is 0 Å². The highest BCUT2D eigenvalue weighted by Gasteiger charge is 2.49. The molecule has 2 rings (SSSR count). The van der Waals surface area contributed by atoms with Gasteiger partial charge in [-0.15, -0.1) is 0 Å². The summed E-state index contributed by atoms with van der Waals surface area (Å²) >= 11 is 11.5. The van der Waals surface area contributed by atoms with Crippen molar-refractivity contribution in [3.63, 3.8) is 0 Å². The molecule has 2 unspecified atom stereocenters. The van der Waals surface area contributed by atoms with Crippen LogP contribution in [0.4, 0.5) is 0 Å². The number of ether oxygens (including phenoxy) is 1. The molecular formula is C10H15Cl2N3O3. The van der Waals surface area contributed by atoms with Gasteiger partial charge in [-0.2, -0.15) is 0 Å². The second-order valence-corrected chi connectivity index (χ2v) is 6.01. The Morgan fingerprint density at radius 1 is 1.61 bits per heavy atom. The smallest absolute Gasteiger partial charge is 0.381 e. The van der Waals surface area contributed by atoms with Gasteiger partial charge >= 0.3 is 4.46 Å². The zero-order valence-corrected chi connectivity index (χ0v) is 11.5. The maximum Gasteiger partial charge on any atom is 0.428 e. The molecule has 8 heteroatoms. The summed E-state index contributed by atoms with van der Waals surface area (Å²) in [5.74, 6) is 0.918. The first kappa shape index (κ1) is 13.8. The molecule has 18 heavy (non-hydrogen) atoms. The van der Waals surface area contributed by atoms with E-state index in [-0.39, 0.29) is 5.84 Å². The number of nitro groups is 1. The Kier molecular flexibility index (Phi) is 3.99. The Morgan fingerprint density at radius 3 is 2.89 bits per heavy atom. The molecule has 0 radical (unpaired) electrons. The van der Waals surface area contributed by atoms with E-state index in [0.717, 1.165) is 6.61 Å². The first-order chi connectivity index (χ1) is 8.43. The molecule has 2 aliphatic rings. The first-order valence-electron chi connectivity index (χ1n) is 5.83. The van der Waals surface area contributed by atoms with Crippen LogP contribution in [0.25, 0.3) is 0 Å². The van der Waals surface area contributed by atoms with Crippen LogP contribution >= 0.6 is 23.2 Å². The van der Waals surface area contributed by atoms with E-state index in [1.807, 2.05) is 0 Å². The summed E-state index contributed by atoms with van der Waals surface area (Å²) in [7, 11) is 0. The second-order valence-electron chi connectivity index (χ2n) is 4.72. The predicted octanol–water partition coefficient (Wildman–Crippen LogP) is 1.39. The van der Waals surface area contributed by atoms with Gasteiger partial charge in [-0.25, -0.2) is 0 Å². The fraction of sp³-hybridized carbons (Fsp3) is 0.900. The van der Waals surface area contributed by atoms with Crippen molar-refractivity contribution in [2.75, 3.05) is 32.8 Å². The van der Waals surface area contributed by atoms with Crippen molar-refractivity contribution in [2.24, 2.45) is 16.8 Å². The summed E-state index contributed by atoms with van der Waals surface area (Å²) in [6.45, 7) is 5.26. The van der Waals surface area contributed by atoms with Crippen LogP contribution in [0.15, 0.2) is 4.99 Å². The topological polar surface area (TPSA) is 68.0 Å². The Hall–Kier alpha value is -0.590. The molecule has 2 heterocycles. The molecule has 1 fully saturated rings. The molecule has 0 aromatic carbocycles. The molecular weight excluding hydrogens is 281 g/mol. The second kappa shape index (κ2) is 5.19. The lowest BCUT2D eigenvalue weighted by Crippen LogP contribution is -2.46. The molecule has 6 nitrogen and oxygen atoms in total. The van der Waals surface area contributed by atoms with Gasteiger partial charge in [-0.3, -0.25) is 15.1 Å². The van der Waals surface area contributed by atoms with Crippen molar-refractivity contribution in [1.29, 1.82) is 0 Å². The number of hydrogen-bond donors (Lipinski definition) is 0. The number of hydrogen-bond acceptors (Lipinski definition) is 5. The minimum absolute atomic E-state index is 0.148. The van der Waals surface area contributed by atoms with Gasteiger partial charge in [0, 0.05) is 25.6 Å². The summed E-state index contributed by atoms with van der Waals surface area (Å²) in [4.78, 5) is 16.0. The van der Waals surface area contributed by atoms with Crippen LogP contribution < -0.4 is 0 Å². The first-order valence-corrected chi connectivity index (χ1v) is 6.58. The molecule has 0 aliphatic carbocycles. The molecule has 0 spiro atoms. The van der Waals surface area contributed by atoms with Crippen molar-refractivity contribution in [2.45, 2.75) is 11.4 Å². The van der Waals surface area contributed by atoms with E-state index in [9.17, 15) is 10.1 Å². The Bertz CT molecular complexity index is 375. The molecule has 0 aromatic heterocycles. The van der Waals surface area contributed by atoms with E-state index in [4.69, 9.17) is 27.9 Å². The van der Waals surface area contributed by atoms with Gasteiger partial charge in [0.05, 0.1) is 18.1 Å². The van der Waals surface area contributed by atoms with Crippen molar-refractivity contribution >= 4 is 29.0 Å². The fourth-order valence-corrected chi connectivity index (χ4v) is 2.61. The fourth-order valence-electron chi connectivity index (χ4n) is 2.25. The monoisotopic (exact) mass is 295 g/mol. The van der Waals surface area contributed by atoms with Gasteiger partial charge in [0.1, 0.15) is 0 Å². The third-order valence-electron chi connectivity index (χ3n) is 3.40. The SMILES string of the molecule is CC1COCC1CN1CCN=C1C(Cl)(Cl)[N+](=O)[O-]. The molecule has 1 saturated heterocycles. The van der Waals surface area contributed by atoms with Crippen molar-refractivity contribution in [1.82, 2.24) is 4.90 Å². The number of rotatable bonds is 4. The highest BCUT2D eigenvalue weighted by atomic mass is 35.5. The van der Waals surface area contributed by atoms with E-state index in [0.29, 0.717) is 38.1 Å². The Balaban J connectivity index is 2.05. The number of halogens is 2. The summed E-state index contributed by atoms with van der Waals surface area (Å²) < 4.78 is 3.23. The highest BCUT2D eigenvalue weighted by molar-refractivity contribution is 6.57. The van der Waals surface area contributed by atoms with Crippen LogP contribution in [0.5, 0.6) is 0 Å². The van der Waals surface area contributed by atoms with E-state index in [1.54, 1.807) is 4.90 Å². The van der Waals surface area contributed by atoms with Crippen LogP contribution in [-0.2, 0) is 4.74 Å². The minimum atomic E-state index is -2.15. The average molecular weight is 296 g/mol. The van der Waals surface area contributed by atoms with E-state index in [2.05, 4.69) is 11.9 Å². The lowest BCUT2D eigenvalue weighted by molar-refractivity contribution is -0.497. The van der Waals surface area contributed by atoms with Crippen LogP contribution in [0, 0.1) is 22.0 Å². The average Bonchev–Trinajstić information content (AvgIpc) is 2.89. The van der Waals surface area contributed by atoms with E-state index >= 15 is 0 Å². The minimum Gasteiger partial charge on any atom is -0.381 e. The summed E-state index contributed by atoms with van der Waals surface area (Å²) in [5.41, 5.74) is 0. The zero-order chi connectivity index (χ0) is 13.3. The molecule has 0 saturated carbocycles. The van der Waals surface area contributed by atoms with Crippen molar-refractivity contribution in [3.8, 4) is 0 Å². The summed E-state index contributed by atoms with van der Waals surface area (Å²) in [5, 5.41) is 10.9. The Labute approximate surface area is 115 Å². The third kappa shape index (κ3) is 2.55. The number of nitrogens with zero attached hydrogens (tertiary/aromatic N) is 3. The van der Waals surface area contributed by atoms with Gasteiger partial charge in [-0.1, -0.05) is 6.92 Å². The maximum atomic E-state index is 10.9. The lowest BCUT2D eigenvalue weighted by atomic mass is 9.97. The van der Waals surface area contributed by atoms with E-state index in [1.165, 1.54) is 0 Å². The van der Waals surface area contributed by atoms with Crippen molar-refractivity contribution in [3.05, 3.63) is 10.1 Å². The molecule has 0 aromatic rings. The predicted molar refractivity (Wildman–Crippen MR) is 68.8 cm³/mol. The number of alkyl halides is 2. The normalized spacial score (nSPS) is 28.6. The largest absolute Gasteiger partial charge is 0.428 e. The number of aliphatic imine (C=N–C) groups is 1. The molecule has 2 aliphatic heterocycles. The van der Waals surface area contributed by atoms with Gasteiger partial charge in [-0.05, 0) is 29.1 Å². The number of amidine groups is 1. The van der Waals surface area contributed by atoms with Crippen molar-refractivity contribution < 1.29 is 9.66 Å². The zero-order valence-electron chi connectivity index (χ0n) is 10.0. The van der Waals surface area contributed by atoms with Gasteiger partial charge in [0.15, 0.2) is 0 Å². The molecule has 0 N–H and O–H groups in total. The maximum absolute atomic E-state index is 10.9. The lowest BCUT2D eigenvalue weighted by Gasteiger charge is -2.26. The molecule has 0 bridgehead atoms. The van der Waals surface area contributed by atoms with Crippen LogP contribution in [0.1, 0.15) is 6.92 Å². The molecule has 2 atom stereocenters. The summed E-state index contributed by atoms with van der Waals surface area (Å²) in [6, 6.07) is 0. The van der Waals surface area contributed by atoms with Gasteiger partial charge in [0.2, 0.25) is 5.84 Å². The Morgan fingerprint density at radius 2 is 2.33 bits per heavy atom.